The largest absolute Gasteiger partial charge is 0.481 e. The molecule has 3 N–H and O–H groups in total. The molecule has 1 aromatic carbocycles. The molecule has 1 aromatic rings. The van der Waals surface area contributed by atoms with E-state index in [4.69, 9.17) is 16.7 Å². The number of carboxylic acids is 1. The van der Waals surface area contributed by atoms with Crippen molar-refractivity contribution in [2.24, 2.45) is 5.92 Å². The van der Waals surface area contributed by atoms with Crippen molar-refractivity contribution in [3.8, 4) is 0 Å². The molecule has 0 aromatic heterocycles. The number of aliphatic hydroxyl groups excluding tert-OH is 2. The molecular formula is C21H29ClO4. The predicted octanol–water partition coefficient (Wildman–Crippen LogP) is 4.16. The third-order valence-electron chi connectivity index (χ3n) is 6.08. The van der Waals surface area contributed by atoms with E-state index in [2.05, 4.69) is 12.1 Å². The number of hydrogen-bond donors (Lipinski definition) is 3. The number of carboxylic acid groups (broad SMARTS) is 1. The van der Waals surface area contributed by atoms with Crippen LogP contribution in [0.5, 0.6) is 0 Å². The summed E-state index contributed by atoms with van der Waals surface area (Å²) in [4.78, 5) is 10.6. The van der Waals surface area contributed by atoms with Crippen LogP contribution in [0.3, 0.4) is 0 Å². The van der Waals surface area contributed by atoms with Gasteiger partial charge in [0.15, 0.2) is 0 Å². The average Bonchev–Trinajstić information content (AvgIpc) is 3.10. The maximum absolute atomic E-state index is 10.6. The minimum atomic E-state index is -0.730. The summed E-state index contributed by atoms with van der Waals surface area (Å²) in [5.41, 5.74) is 3.37. The second kappa shape index (κ2) is 8.73. The maximum Gasteiger partial charge on any atom is 0.303 e. The van der Waals surface area contributed by atoms with Gasteiger partial charge >= 0.3 is 5.97 Å². The first-order chi connectivity index (χ1) is 12.5. The fourth-order valence-electron chi connectivity index (χ4n) is 4.72. The summed E-state index contributed by atoms with van der Waals surface area (Å²) in [5.74, 6) is -0.429. The van der Waals surface area contributed by atoms with Gasteiger partial charge in [-0.05, 0) is 54.7 Å². The number of carbonyl (C=O) groups is 1. The van der Waals surface area contributed by atoms with E-state index < -0.39 is 12.1 Å². The standard InChI is InChI=1S/C21H29ClO4/c22-17-12-19(24)21(16(17)5-3-1-2-4-6-20(25)26)14-7-9-15-13(11-14)8-10-18(15)23/h7,9,11,16-19,21,23-24H,1-6,8,10,12H2,(H,25,26). The lowest BCUT2D eigenvalue weighted by molar-refractivity contribution is -0.137. The van der Waals surface area contributed by atoms with Gasteiger partial charge in [0.2, 0.25) is 0 Å². The topological polar surface area (TPSA) is 77.8 Å². The number of unbranched alkanes of at least 4 members (excludes halogenated alkanes) is 3. The molecule has 0 spiro atoms. The Balaban J connectivity index is 1.61. The molecule has 0 bridgehead atoms. The predicted molar refractivity (Wildman–Crippen MR) is 102 cm³/mol. The zero-order chi connectivity index (χ0) is 18.7. The highest BCUT2D eigenvalue weighted by molar-refractivity contribution is 6.21. The van der Waals surface area contributed by atoms with Crippen molar-refractivity contribution in [1.82, 2.24) is 0 Å². The highest BCUT2D eigenvalue weighted by Crippen LogP contribution is 2.46. The molecule has 1 fully saturated rings. The van der Waals surface area contributed by atoms with Gasteiger partial charge in [-0.3, -0.25) is 4.79 Å². The van der Waals surface area contributed by atoms with Crippen LogP contribution in [0.15, 0.2) is 18.2 Å². The van der Waals surface area contributed by atoms with Crippen molar-refractivity contribution in [2.45, 2.75) is 81.3 Å². The van der Waals surface area contributed by atoms with Gasteiger partial charge in [-0.2, -0.15) is 0 Å². The first-order valence-corrected chi connectivity index (χ1v) is 10.3. The lowest BCUT2D eigenvalue weighted by atomic mass is 9.83. The van der Waals surface area contributed by atoms with Crippen LogP contribution in [0.25, 0.3) is 0 Å². The summed E-state index contributed by atoms with van der Waals surface area (Å²) in [6, 6.07) is 6.23. The number of alkyl halides is 1. The fourth-order valence-corrected chi connectivity index (χ4v) is 5.19. The van der Waals surface area contributed by atoms with Gasteiger partial charge in [0.05, 0.1) is 12.2 Å². The van der Waals surface area contributed by atoms with Crippen LogP contribution in [0, 0.1) is 5.92 Å². The molecular weight excluding hydrogens is 352 g/mol. The van der Waals surface area contributed by atoms with E-state index in [0.29, 0.717) is 6.42 Å². The second-order valence-electron chi connectivity index (χ2n) is 7.87. The zero-order valence-electron chi connectivity index (χ0n) is 15.1. The molecule has 5 unspecified atom stereocenters. The molecule has 0 radical (unpaired) electrons. The number of fused-ring (bicyclic) bond motifs is 1. The summed E-state index contributed by atoms with van der Waals surface area (Å²) >= 11 is 6.56. The minimum Gasteiger partial charge on any atom is -0.481 e. The Morgan fingerprint density at radius 1 is 1.15 bits per heavy atom. The van der Waals surface area contributed by atoms with Crippen LogP contribution >= 0.6 is 11.6 Å². The molecule has 144 valence electrons. The normalized spacial score (nSPS) is 30.5. The molecule has 4 nitrogen and oxygen atoms in total. The molecule has 0 amide bonds. The SMILES string of the molecule is O=C(O)CCCCCCC1C(Cl)CC(O)C1c1ccc2c(c1)CCC2O. The number of aliphatic carboxylic acids is 1. The number of aryl methyl sites for hydroxylation is 1. The van der Waals surface area contributed by atoms with Crippen molar-refractivity contribution >= 4 is 17.6 Å². The molecule has 0 heterocycles. The Labute approximate surface area is 160 Å². The van der Waals surface area contributed by atoms with E-state index >= 15 is 0 Å². The summed E-state index contributed by atoms with van der Waals surface area (Å²) < 4.78 is 0. The highest BCUT2D eigenvalue weighted by atomic mass is 35.5. The summed E-state index contributed by atoms with van der Waals surface area (Å²) in [6.45, 7) is 0. The first kappa shape index (κ1) is 19.7. The molecule has 3 rings (SSSR count). The summed E-state index contributed by atoms with van der Waals surface area (Å²) in [7, 11) is 0. The number of halogens is 1. The van der Waals surface area contributed by atoms with Crippen molar-refractivity contribution in [2.75, 3.05) is 0 Å². The third kappa shape index (κ3) is 4.41. The molecule has 5 atom stereocenters. The molecule has 26 heavy (non-hydrogen) atoms. The van der Waals surface area contributed by atoms with Crippen LogP contribution in [0.2, 0.25) is 0 Å². The summed E-state index contributed by atoms with van der Waals surface area (Å²) in [5, 5.41) is 29.3. The molecule has 0 aliphatic heterocycles. The molecule has 5 heteroatoms. The molecule has 0 saturated heterocycles. The maximum atomic E-state index is 10.6. The van der Waals surface area contributed by atoms with Crippen LogP contribution in [0.1, 0.15) is 80.1 Å². The monoisotopic (exact) mass is 380 g/mol. The first-order valence-electron chi connectivity index (χ1n) is 9.82. The quantitative estimate of drug-likeness (QED) is 0.467. The van der Waals surface area contributed by atoms with Crippen molar-refractivity contribution in [3.63, 3.8) is 0 Å². The lowest BCUT2D eigenvalue weighted by Gasteiger charge is -2.24. The van der Waals surface area contributed by atoms with E-state index in [0.717, 1.165) is 56.1 Å². The van der Waals surface area contributed by atoms with Gasteiger partial charge in [0, 0.05) is 17.7 Å². The summed E-state index contributed by atoms with van der Waals surface area (Å²) in [6.07, 6.45) is 6.40. The van der Waals surface area contributed by atoms with E-state index in [9.17, 15) is 15.0 Å². The van der Waals surface area contributed by atoms with E-state index in [-0.39, 0.29) is 29.7 Å². The van der Waals surface area contributed by atoms with Gasteiger partial charge in [-0.25, -0.2) is 0 Å². The van der Waals surface area contributed by atoms with E-state index in [1.807, 2.05) is 6.07 Å². The Morgan fingerprint density at radius 3 is 2.69 bits per heavy atom. The number of aliphatic hydroxyl groups is 2. The van der Waals surface area contributed by atoms with Crippen LogP contribution < -0.4 is 0 Å². The van der Waals surface area contributed by atoms with Gasteiger partial charge in [-0.15, -0.1) is 11.6 Å². The fraction of sp³-hybridized carbons (Fsp3) is 0.667. The Kier molecular flexibility index (Phi) is 6.60. The lowest BCUT2D eigenvalue weighted by Crippen LogP contribution is -2.19. The number of hydrogen-bond acceptors (Lipinski definition) is 3. The highest BCUT2D eigenvalue weighted by Gasteiger charge is 2.42. The average molecular weight is 381 g/mol. The van der Waals surface area contributed by atoms with Crippen molar-refractivity contribution in [1.29, 1.82) is 0 Å². The molecule has 1 saturated carbocycles. The minimum absolute atomic E-state index is 0.0205. The molecule has 2 aliphatic rings. The smallest absolute Gasteiger partial charge is 0.303 e. The Bertz CT molecular complexity index is 632. The van der Waals surface area contributed by atoms with Crippen LogP contribution in [-0.4, -0.2) is 32.8 Å². The second-order valence-corrected chi connectivity index (χ2v) is 8.43. The van der Waals surface area contributed by atoms with E-state index in [1.165, 1.54) is 5.56 Å². The molecule has 2 aliphatic carbocycles. The van der Waals surface area contributed by atoms with Gasteiger partial charge in [0.25, 0.3) is 0 Å². The Hall–Kier alpha value is -1.10. The van der Waals surface area contributed by atoms with Gasteiger partial charge in [0.1, 0.15) is 0 Å². The number of benzene rings is 1. The third-order valence-corrected chi connectivity index (χ3v) is 6.59. The zero-order valence-corrected chi connectivity index (χ0v) is 15.9. The van der Waals surface area contributed by atoms with E-state index in [1.54, 1.807) is 0 Å². The number of rotatable bonds is 8. The van der Waals surface area contributed by atoms with Crippen molar-refractivity contribution in [3.05, 3.63) is 34.9 Å². The van der Waals surface area contributed by atoms with Gasteiger partial charge < -0.3 is 15.3 Å². The van der Waals surface area contributed by atoms with Crippen LogP contribution in [-0.2, 0) is 11.2 Å². The van der Waals surface area contributed by atoms with Crippen LogP contribution in [0.4, 0.5) is 0 Å². The van der Waals surface area contributed by atoms with Crippen molar-refractivity contribution < 1.29 is 20.1 Å². The van der Waals surface area contributed by atoms with Gasteiger partial charge in [-0.1, -0.05) is 37.5 Å². The Morgan fingerprint density at radius 2 is 1.92 bits per heavy atom.